The van der Waals surface area contributed by atoms with Crippen LogP contribution in [0.25, 0.3) is 0 Å². The molecule has 132 valence electrons. The van der Waals surface area contributed by atoms with Gasteiger partial charge < -0.3 is 4.90 Å². The number of carbonyl (C=O) groups is 1. The van der Waals surface area contributed by atoms with E-state index < -0.39 is 0 Å². The molecule has 0 radical (unpaired) electrons. The van der Waals surface area contributed by atoms with Crippen molar-refractivity contribution >= 4 is 17.7 Å². The number of pyridine rings is 2. The molecule has 26 heavy (non-hydrogen) atoms. The van der Waals surface area contributed by atoms with Crippen molar-refractivity contribution < 1.29 is 4.79 Å². The predicted octanol–water partition coefficient (Wildman–Crippen LogP) is 4.52. The third kappa shape index (κ3) is 4.29. The van der Waals surface area contributed by atoms with E-state index in [4.69, 9.17) is 0 Å². The summed E-state index contributed by atoms with van der Waals surface area (Å²) in [5, 5.41) is 0.720. The molecule has 0 spiro atoms. The lowest BCUT2D eigenvalue weighted by molar-refractivity contribution is 0.0779. The molecular weight excluding hydrogens is 342 g/mol. The van der Waals surface area contributed by atoms with E-state index >= 15 is 0 Å². The van der Waals surface area contributed by atoms with E-state index in [1.165, 1.54) is 22.9 Å². The molecule has 0 N–H and O–H groups in total. The molecule has 1 aromatic carbocycles. The Hall–Kier alpha value is -2.66. The van der Waals surface area contributed by atoms with Crippen molar-refractivity contribution in [3.63, 3.8) is 0 Å². The van der Waals surface area contributed by atoms with E-state index in [0.29, 0.717) is 12.1 Å². The van der Waals surface area contributed by atoms with E-state index in [1.807, 2.05) is 24.3 Å². The summed E-state index contributed by atoms with van der Waals surface area (Å²) in [6.45, 7) is 4.61. The van der Waals surface area contributed by atoms with E-state index in [9.17, 15) is 4.79 Å². The lowest BCUT2D eigenvalue weighted by Gasteiger charge is -2.18. The number of rotatable bonds is 5. The molecule has 0 unspecified atom stereocenters. The van der Waals surface area contributed by atoms with Crippen LogP contribution < -0.4 is 0 Å². The third-order valence-corrected chi connectivity index (χ3v) is 5.21. The minimum atomic E-state index is -0.0592. The number of aromatic nitrogens is 2. The second-order valence-corrected chi connectivity index (χ2v) is 7.24. The lowest BCUT2D eigenvalue weighted by atomic mass is 10.2. The Labute approximate surface area is 158 Å². The number of nitrogens with zero attached hydrogens (tertiary/aromatic N) is 3. The summed E-state index contributed by atoms with van der Waals surface area (Å²) in [5.74, 6) is -0.0592. The first-order chi connectivity index (χ1) is 12.5. The molecule has 2 heterocycles. The lowest BCUT2D eigenvalue weighted by Crippen LogP contribution is -2.27. The zero-order valence-corrected chi connectivity index (χ0v) is 16.0. The summed E-state index contributed by atoms with van der Waals surface area (Å²) < 4.78 is 0. The standard InChI is InChI=1S/C21H21N3OS/c1-15-9-10-19(16(2)13-15)26-20-18(8-6-12-23-20)21(25)24(3)14-17-7-4-5-11-22-17/h4-13H,14H2,1-3H3. The van der Waals surface area contributed by atoms with Crippen molar-refractivity contribution in [1.82, 2.24) is 14.9 Å². The van der Waals surface area contributed by atoms with Gasteiger partial charge in [-0.05, 0) is 49.7 Å². The fraction of sp³-hybridized carbons (Fsp3) is 0.190. The molecule has 3 rings (SSSR count). The first kappa shape index (κ1) is 18.1. The number of aryl methyl sites for hydroxylation is 2. The number of hydrogen-bond donors (Lipinski definition) is 0. The van der Waals surface area contributed by atoms with Gasteiger partial charge in [0.15, 0.2) is 0 Å². The van der Waals surface area contributed by atoms with Gasteiger partial charge in [-0.2, -0.15) is 0 Å². The van der Waals surface area contributed by atoms with Gasteiger partial charge in [-0.15, -0.1) is 0 Å². The minimum Gasteiger partial charge on any atom is -0.336 e. The third-order valence-electron chi connectivity index (χ3n) is 4.01. The van der Waals surface area contributed by atoms with Crippen LogP contribution in [0.3, 0.4) is 0 Å². The molecule has 0 aliphatic rings. The Bertz CT molecular complexity index is 912. The van der Waals surface area contributed by atoms with Crippen molar-refractivity contribution in [2.45, 2.75) is 30.3 Å². The topological polar surface area (TPSA) is 46.1 Å². The highest BCUT2D eigenvalue weighted by atomic mass is 32.2. The van der Waals surface area contributed by atoms with E-state index in [0.717, 1.165) is 15.6 Å². The van der Waals surface area contributed by atoms with Crippen LogP contribution in [0.1, 0.15) is 27.2 Å². The van der Waals surface area contributed by atoms with Crippen LogP contribution in [0.4, 0.5) is 0 Å². The van der Waals surface area contributed by atoms with Crippen molar-refractivity contribution in [2.75, 3.05) is 7.05 Å². The van der Waals surface area contributed by atoms with Crippen molar-refractivity contribution in [2.24, 2.45) is 0 Å². The van der Waals surface area contributed by atoms with Gasteiger partial charge in [0.1, 0.15) is 5.03 Å². The van der Waals surface area contributed by atoms with Gasteiger partial charge in [0, 0.05) is 24.3 Å². The summed E-state index contributed by atoms with van der Waals surface area (Å²) in [6, 6.07) is 15.6. The molecule has 4 nitrogen and oxygen atoms in total. The Kier molecular flexibility index (Phi) is 5.68. The van der Waals surface area contributed by atoms with Gasteiger partial charge in [-0.1, -0.05) is 35.5 Å². The van der Waals surface area contributed by atoms with Gasteiger partial charge in [-0.25, -0.2) is 4.98 Å². The van der Waals surface area contributed by atoms with E-state index in [-0.39, 0.29) is 5.91 Å². The molecule has 0 fully saturated rings. The molecule has 0 bridgehead atoms. The fourth-order valence-corrected chi connectivity index (χ4v) is 3.61. The van der Waals surface area contributed by atoms with Crippen LogP contribution >= 0.6 is 11.8 Å². The first-order valence-electron chi connectivity index (χ1n) is 8.40. The second kappa shape index (κ2) is 8.15. The van der Waals surface area contributed by atoms with E-state index in [1.54, 1.807) is 30.4 Å². The van der Waals surface area contributed by atoms with Gasteiger partial charge in [0.05, 0.1) is 17.8 Å². The zero-order valence-electron chi connectivity index (χ0n) is 15.1. The highest BCUT2D eigenvalue weighted by Crippen LogP contribution is 2.32. The van der Waals surface area contributed by atoms with Crippen LogP contribution in [0, 0.1) is 13.8 Å². The Morgan fingerprint density at radius 3 is 2.58 bits per heavy atom. The second-order valence-electron chi connectivity index (χ2n) is 6.21. The number of carbonyl (C=O) groups excluding carboxylic acids is 1. The maximum atomic E-state index is 12.9. The van der Waals surface area contributed by atoms with Gasteiger partial charge in [-0.3, -0.25) is 9.78 Å². The highest BCUT2D eigenvalue weighted by Gasteiger charge is 2.18. The summed E-state index contributed by atoms with van der Waals surface area (Å²) in [5.41, 5.74) is 3.87. The molecule has 0 aliphatic carbocycles. The molecule has 0 saturated carbocycles. The zero-order chi connectivity index (χ0) is 18.5. The number of benzene rings is 1. The van der Waals surface area contributed by atoms with Crippen LogP contribution in [0.5, 0.6) is 0 Å². The van der Waals surface area contributed by atoms with Gasteiger partial charge in [0.25, 0.3) is 5.91 Å². The van der Waals surface area contributed by atoms with Crippen molar-refractivity contribution in [3.8, 4) is 0 Å². The molecule has 0 aliphatic heterocycles. The van der Waals surface area contributed by atoms with Gasteiger partial charge >= 0.3 is 0 Å². The van der Waals surface area contributed by atoms with Crippen LogP contribution in [0.2, 0.25) is 0 Å². The van der Waals surface area contributed by atoms with Crippen molar-refractivity contribution in [1.29, 1.82) is 0 Å². The summed E-state index contributed by atoms with van der Waals surface area (Å²) in [4.78, 5) is 24.5. The summed E-state index contributed by atoms with van der Waals surface area (Å²) in [7, 11) is 1.79. The molecule has 0 saturated heterocycles. The Morgan fingerprint density at radius 1 is 1.04 bits per heavy atom. The van der Waals surface area contributed by atoms with Crippen LogP contribution in [-0.4, -0.2) is 27.8 Å². The SMILES string of the molecule is Cc1ccc(Sc2ncccc2C(=O)N(C)Cc2ccccn2)c(C)c1. The average Bonchev–Trinajstić information content (AvgIpc) is 2.64. The normalized spacial score (nSPS) is 10.6. The Balaban J connectivity index is 1.83. The van der Waals surface area contributed by atoms with Crippen LogP contribution in [-0.2, 0) is 6.54 Å². The Morgan fingerprint density at radius 2 is 1.85 bits per heavy atom. The highest BCUT2D eigenvalue weighted by molar-refractivity contribution is 7.99. The molecule has 5 heteroatoms. The number of hydrogen-bond acceptors (Lipinski definition) is 4. The molecular formula is C21H21N3OS. The molecule has 3 aromatic rings. The van der Waals surface area contributed by atoms with Crippen LogP contribution in [0.15, 0.2) is 70.8 Å². The monoisotopic (exact) mass is 363 g/mol. The molecule has 2 aromatic heterocycles. The maximum Gasteiger partial charge on any atom is 0.256 e. The average molecular weight is 363 g/mol. The van der Waals surface area contributed by atoms with Crippen molar-refractivity contribution in [3.05, 3.63) is 83.3 Å². The molecule has 1 amide bonds. The molecule has 0 atom stereocenters. The largest absolute Gasteiger partial charge is 0.336 e. The summed E-state index contributed by atoms with van der Waals surface area (Å²) in [6.07, 6.45) is 3.46. The maximum absolute atomic E-state index is 12.9. The number of amides is 1. The predicted molar refractivity (Wildman–Crippen MR) is 104 cm³/mol. The summed E-state index contributed by atoms with van der Waals surface area (Å²) >= 11 is 1.53. The first-order valence-corrected chi connectivity index (χ1v) is 9.22. The smallest absolute Gasteiger partial charge is 0.256 e. The van der Waals surface area contributed by atoms with E-state index in [2.05, 4.69) is 42.0 Å². The quantitative estimate of drug-likeness (QED) is 0.669. The fourth-order valence-electron chi connectivity index (χ4n) is 2.66. The minimum absolute atomic E-state index is 0.0592. The van der Waals surface area contributed by atoms with Gasteiger partial charge in [0.2, 0.25) is 0 Å².